The molecule has 118 valence electrons. The molecule has 4 nitrogen and oxygen atoms in total. The van der Waals surface area contributed by atoms with E-state index in [1.54, 1.807) is 40.0 Å². The van der Waals surface area contributed by atoms with Gasteiger partial charge in [0.2, 0.25) is 0 Å². The van der Waals surface area contributed by atoms with E-state index in [4.69, 9.17) is 9.47 Å². The van der Waals surface area contributed by atoms with Crippen LogP contribution in [-0.2, 0) is 9.53 Å². The van der Waals surface area contributed by atoms with Gasteiger partial charge in [-0.3, -0.25) is 4.79 Å². The number of likely N-dealkylation sites (N-methyl/N-ethyl adjacent to an activating group) is 1. The monoisotopic (exact) mass is 297 g/mol. The summed E-state index contributed by atoms with van der Waals surface area (Å²) in [6.07, 6.45) is 0.0264. The molecule has 0 saturated heterocycles. The van der Waals surface area contributed by atoms with Crippen LogP contribution < -0.4 is 10.1 Å². The second kappa shape index (κ2) is 7.41. The van der Waals surface area contributed by atoms with Crippen molar-refractivity contribution in [2.75, 3.05) is 13.7 Å². The summed E-state index contributed by atoms with van der Waals surface area (Å²) in [4.78, 5) is 12.0. The van der Waals surface area contributed by atoms with E-state index in [9.17, 15) is 9.18 Å². The zero-order valence-corrected chi connectivity index (χ0v) is 13.3. The molecule has 0 amide bonds. The molecule has 0 aliphatic rings. The third-order valence-electron chi connectivity index (χ3n) is 3.39. The highest BCUT2D eigenvalue weighted by molar-refractivity contribution is 5.80. The first-order valence-corrected chi connectivity index (χ1v) is 7.11. The number of carbonyl (C=O) groups excluding carboxylic acids is 1. The van der Waals surface area contributed by atoms with Gasteiger partial charge in [0, 0.05) is 6.42 Å². The molecule has 1 N–H and O–H groups in total. The van der Waals surface area contributed by atoms with Gasteiger partial charge in [-0.15, -0.1) is 0 Å². The second-order valence-corrected chi connectivity index (χ2v) is 5.37. The normalized spacial score (nSPS) is 15.1. The average Bonchev–Trinajstić information content (AvgIpc) is 2.42. The number of halogens is 1. The maximum Gasteiger partial charge on any atom is 0.326 e. The van der Waals surface area contributed by atoms with Crippen LogP contribution in [0.4, 0.5) is 4.39 Å². The second-order valence-electron chi connectivity index (χ2n) is 5.37. The van der Waals surface area contributed by atoms with Crippen LogP contribution in [0.1, 0.15) is 32.8 Å². The van der Waals surface area contributed by atoms with E-state index in [1.807, 2.05) is 6.92 Å². The fourth-order valence-corrected chi connectivity index (χ4v) is 2.11. The number of carbonyl (C=O) groups is 1. The fraction of sp³-hybridized carbons (Fsp3) is 0.562. The number of ether oxygens (including phenoxy) is 2. The molecule has 0 radical (unpaired) electrons. The van der Waals surface area contributed by atoms with Crippen molar-refractivity contribution in [2.24, 2.45) is 0 Å². The molecule has 0 heterocycles. The van der Waals surface area contributed by atoms with E-state index in [1.165, 1.54) is 6.07 Å². The molecule has 0 fully saturated rings. The number of hydrogen-bond acceptors (Lipinski definition) is 4. The summed E-state index contributed by atoms with van der Waals surface area (Å²) in [7, 11) is 1.69. The lowest BCUT2D eigenvalue weighted by Gasteiger charge is -2.29. The molecule has 21 heavy (non-hydrogen) atoms. The van der Waals surface area contributed by atoms with E-state index in [0.29, 0.717) is 13.0 Å². The summed E-state index contributed by atoms with van der Waals surface area (Å²) in [5.41, 5.74) is 0.0517. The quantitative estimate of drug-likeness (QED) is 0.786. The number of aryl methyl sites for hydroxylation is 1. The molecule has 1 rings (SSSR count). The van der Waals surface area contributed by atoms with Crippen molar-refractivity contribution < 1.29 is 18.7 Å². The summed E-state index contributed by atoms with van der Waals surface area (Å²) in [5, 5.41) is 2.96. The Labute approximate surface area is 125 Å². The molecule has 0 bridgehead atoms. The highest BCUT2D eigenvalue weighted by Gasteiger charge is 2.35. The summed E-state index contributed by atoms with van der Waals surface area (Å²) < 4.78 is 24.4. The minimum Gasteiger partial charge on any atom is -0.488 e. The van der Waals surface area contributed by atoms with E-state index >= 15 is 0 Å². The van der Waals surface area contributed by atoms with Gasteiger partial charge in [0.1, 0.15) is 5.54 Å². The van der Waals surface area contributed by atoms with Gasteiger partial charge >= 0.3 is 5.97 Å². The van der Waals surface area contributed by atoms with Crippen molar-refractivity contribution in [3.8, 4) is 5.75 Å². The van der Waals surface area contributed by atoms with Crippen molar-refractivity contribution in [3.05, 3.63) is 29.6 Å². The van der Waals surface area contributed by atoms with E-state index < -0.39 is 11.4 Å². The summed E-state index contributed by atoms with van der Waals surface area (Å²) >= 11 is 0. The van der Waals surface area contributed by atoms with Crippen LogP contribution in [-0.4, -0.2) is 31.3 Å². The highest BCUT2D eigenvalue weighted by atomic mass is 19.1. The predicted octanol–water partition coefficient (Wildman–Crippen LogP) is 2.83. The van der Waals surface area contributed by atoms with Crippen LogP contribution in [0, 0.1) is 12.7 Å². The first kappa shape index (κ1) is 17.4. The lowest BCUT2D eigenvalue weighted by molar-refractivity contribution is -0.151. The molecule has 2 unspecified atom stereocenters. The van der Waals surface area contributed by atoms with Crippen LogP contribution >= 0.6 is 0 Å². The lowest BCUT2D eigenvalue weighted by atomic mass is 9.95. The van der Waals surface area contributed by atoms with Gasteiger partial charge in [-0.05, 0) is 52.4 Å². The minimum atomic E-state index is -0.865. The molecule has 0 aliphatic carbocycles. The van der Waals surface area contributed by atoms with E-state index in [2.05, 4.69) is 5.32 Å². The summed E-state index contributed by atoms with van der Waals surface area (Å²) in [6.45, 7) is 7.50. The number of benzene rings is 1. The molecule has 0 aliphatic heterocycles. The topological polar surface area (TPSA) is 47.6 Å². The third-order valence-corrected chi connectivity index (χ3v) is 3.39. The molecule has 0 saturated carbocycles. The number of esters is 1. The molecular formula is C16H24FNO3. The predicted molar refractivity (Wildman–Crippen MR) is 79.9 cm³/mol. The van der Waals surface area contributed by atoms with Crippen molar-refractivity contribution >= 4 is 5.97 Å². The number of hydrogen-bond donors (Lipinski definition) is 1. The molecule has 5 heteroatoms. The molecule has 0 aromatic heterocycles. The highest BCUT2D eigenvalue weighted by Crippen LogP contribution is 2.23. The van der Waals surface area contributed by atoms with Gasteiger partial charge in [-0.2, -0.15) is 0 Å². The van der Waals surface area contributed by atoms with Crippen LogP contribution in [0.25, 0.3) is 0 Å². The van der Waals surface area contributed by atoms with E-state index in [0.717, 1.165) is 5.56 Å². The van der Waals surface area contributed by atoms with E-state index in [-0.39, 0.29) is 17.8 Å². The zero-order valence-electron chi connectivity index (χ0n) is 13.3. The zero-order chi connectivity index (χ0) is 16.0. The SMILES string of the molecule is CCOC(=O)C(C)(CC(C)Oc1cc(C)ccc1F)NC. The Bertz CT molecular complexity index is 492. The Morgan fingerprint density at radius 2 is 2.14 bits per heavy atom. The Morgan fingerprint density at radius 1 is 1.48 bits per heavy atom. The number of rotatable bonds is 7. The van der Waals surface area contributed by atoms with Gasteiger partial charge in [0.25, 0.3) is 0 Å². The Hall–Kier alpha value is -1.62. The first-order chi connectivity index (χ1) is 9.82. The maximum atomic E-state index is 13.7. The van der Waals surface area contributed by atoms with Crippen molar-refractivity contribution in [3.63, 3.8) is 0 Å². The van der Waals surface area contributed by atoms with Gasteiger partial charge in [-0.25, -0.2) is 4.39 Å². The fourth-order valence-electron chi connectivity index (χ4n) is 2.11. The third kappa shape index (κ3) is 4.70. The first-order valence-electron chi connectivity index (χ1n) is 7.11. The molecule has 1 aromatic carbocycles. The maximum absolute atomic E-state index is 13.7. The van der Waals surface area contributed by atoms with Crippen LogP contribution in [0.3, 0.4) is 0 Å². The van der Waals surface area contributed by atoms with Crippen molar-refractivity contribution in [2.45, 2.75) is 45.8 Å². The Kier molecular flexibility index (Phi) is 6.15. The van der Waals surface area contributed by atoms with Crippen molar-refractivity contribution in [1.82, 2.24) is 5.32 Å². The van der Waals surface area contributed by atoms with Gasteiger partial charge < -0.3 is 14.8 Å². The molecular weight excluding hydrogens is 273 g/mol. The van der Waals surface area contributed by atoms with Crippen LogP contribution in [0.5, 0.6) is 5.75 Å². The molecule has 0 spiro atoms. The van der Waals surface area contributed by atoms with Crippen molar-refractivity contribution in [1.29, 1.82) is 0 Å². The van der Waals surface area contributed by atoms with Gasteiger partial charge in [0.05, 0.1) is 12.7 Å². The Morgan fingerprint density at radius 3 is 2.71 bits per heavy atom. The largest absolute Gasteiger partial charge is 0.488 e. The van der Waals surface area contributed by atoms with Gasteiger partial charge in [0.15, 0.2) is 11.6 Å². The summed E-state index contributed by atoms with van der Waals surface area (Å²) in [6, 6.07) is 4.70. The lowest BCUT2D eigenvalue weighted by Crippen LogP contribution is -2.51. The standard InChI is InChI=1S/C16H24FNO3/c1-6-20-15(19)16(4,18-5)10-12(3)21-14-9-11(2)7-8-13(14)17/h7-9,12,18H,6,10H2,1-5H3. The average molecular weight is 297 g/mol. The smallest absolute Gasteiger partial charge is 0.326 e. The molecule has 2 atom stereocenters. The molecule has 1 aromatic rings. The minimum absolute atomic E-state index is 0.199. The van der Waals surface area contributed by atoms with Gasteiger partial charge in [-0.1, -0.05) is 6.07 Å². The Balaban J connectivity index is 2.77. The van der Waals surface area contributed by atoms with Crippen LogP contribution in [0.15, 0.2) is 18.2 Å². The van der Waals surface area contributed by atoms with Crippen LogP contribution in [0.2, 0.25) is 0 Å². The summed E-state index contributed by atoms with van der Waals surface area (Å²) in [5.74, 6) is -0.549. The number of nitrogens with one attached hydrogen (secondary N) is 1.